The summed E-state index contributed by atoms with van der Waals surface area (Å²) in [6.07, 6.45) is -1.16. The number of terminal acetylenes is 1. The molecule has 0 saturated heterocycles. The first-order valence-corrected chi connectivity index (χ1v) is 2.26. The van der Waals surface area contributed by atoms with Crippen LogP contribution in [0.3, 0.4) is 0 Å². The van der Waals surface area contributed by atoms with Crippen LogP contribution >= 0.6 is 0 Å². The van der Waals surface area contributed by atoms with Crippen molar-refractivity contribution in [3.63, 3.8) is 0 Å². The van der Waals surface area contributed by atoms with Crippen LogP contribution < -0.4 is 0 Å². The van der Waals surface area contributed by atoms with Crippen molar-refractivity contribution in [2.45, 2.75) is 11.8 Å². The maximum Gasteiger partial charge on any atom is 0.440 e. The minimum atomic E-state index is -5.35. The Morgan fingerprint density at radius 3 is 1.82 bits per heavy atom. The molecule has 0 aliphatic rings. The number of aliphatic hydroxyl groups is 1. The highest BCUT2D eigenvalue weighted by molar-refractivity contribution is 5.82. The fraction of sp³-hybridized carbons (Fsp3) is 0.400. The molecule has 1 unspecified atom stereocenters. The molecule has 0 saturated carbocycles. The molecular weight excluding hydrogens is 165 g/mol. The number of carbonyl (C=O) groups is 1. The monoisotopic (exact) mass is 168 g/mol. The molecule has 3 nitrogen and oxygen atoms in total. The first-order chi connectivity index (χ1) is 4.75. The normalized spacial score (nSPS) is 16.6. The standard InChI is InChI=1S/C5H3F3O3/c1-2-4(11,3(9)10)5(6,7)8/h1,11H,(H,9,10). The van der Waals surface area contributed by atoms with E-state index in [-0.39, 0.29) is 0 Å². The second-order valence-electron chi connectivity index (χ2n) is 1.66. The number of carboxylic acid groups (broad SMARTS) is 1. The van der Waals surface area contributed by atoms with Gasteiger partial charge in [-0.25, -0.2) is 4.79 Å². The average Bonchev–Trinajstić information content (AvgIpc) is 1.83. The summed E-state index contributed by atoms with van der Waals surface area (Å²) in [5.41, 5.74) is -4.08. The van der Waals surface area contributed by atoms with E-state index in [0.29, 0.717) is 0 Å². The van der Waals surface area contributed by atoms with E-state index in [0.717, 1.165) is 5.92 Å². The lowest BCUT2D eigenvalue weighted by atomic mass is 10.1. The first-order valence-electron chi connectivity index (χ1n) is 2.26. The Morgan fingerprint density at radius 1 is 1.45 bits per heavy atom. The molecule has 6 heteroatoms. The molecule has 0 radical (unpaired) electrons. The van der Waals surface area contributed by atoms with Gasteiger partial charge in [0.1, 0.15) is 0 Å². The third kappa shape index (κ3) is 1.43. The molecule has 0 aromatic rings. The van der Waals surface area contributed by atoms with E-state index in [2.05, 4.69) is 6.42 Å². The van der Waals surface area contributed by atoms with Gasteiger partial charge in [0, 0.05) is 0 Å². The van der Waals surface area contributed by atoms with E-state index in [4.69, 9.17) is 10.2 Å². The van der Waals surface area contributed by atoms with E-state index in [9.17, 15) is 18.0 Å². The number of hydrogen-bond donors (Lipinski definition) is 2. The molecule has 0 amide bonds. The van der Waals surface area contributed by atoms with Gasteiger partial charge in [0.2, 0.25) is 0 Å². The summed E-state index contributed by atoms with van der Waals surface area (Å²) in [5.74, 6) is -1.76. The summed E-state index contributed by atoms with van der Waals surface area (Å²) < 4.78 is 34.7. The third-order valence-electron chi connectivity index (χ3n) is 0.929. The average molecular weight is 168 g/mol. The zero-order valence-corrected chi connectivity index (χ0v) is 5.01. The third-order valence-corrected chi connectivity index (χ3v) is 0.929. The van der Waals surface area contributed by atoms with Crippen molar-refractivity contribution in [2.75, 3.05) is 0 Å². The van der Waals surface area contributed by atoms with Gasteiger partial charge in [0.15, 0.2) is 0 Å². The lowest BCUT2D eigenvalue weighted by Crippen LogP contribution is -2.50. The zero-order chi connectivity index (χ0) is 9.28. The Bertz CT molecular complexity index is 214. The summed E-state index contributed by atoms with van der Waals surface area (Å²) in [5, 5.41) is 16.1. The van der Waals surface area contributed by atoms with Crippen LogP contribution in [0.1, 0.15) is 0 Å². The molecule has 0 aromatic carbocycles. The van der Waals surface area contributed by atoms with E-state index in [1.54, 1.807) is 0 Å². The van der Waals surface area contributed by atoms with Crippen molar-refractivity contribution in [3.05, 3.63) is 0 Å². The summed E-state index contributed by atoms with van der Waals surface area (Å²) in [6.45, 7) is 0. The van der Waals surface area contributed by atoms with Gasteiger partial charge in [-0.05, 0) is 0 Å². The molecule has 0 aliphatic carbocycles. The molecule has 0 fully saturated rings. The van der Waals surface area contributed by atoms with Crippen molar-refractivity contribution in [2.24, 2.45) is 0 Å². The summed E-state index contributed by atoms with van der Waals surface area (Å²) >= 11 is 0. The quantitative estimate of drug-likeness (QED) is 0.541. The van der Waals surface area contributed by atoms with Crippen LogP contribution in [0.15, 0.2) is 0 Å². The SMILES string of the molecule is C#CC(O)(C(=O)O)C(F)(F)F. The van der Waals surface area contributed by atoms with Gasteiger partial charge in [-0.2, -0.15) is 13.2 Å². The minimum absolute atomic E-state index is 0.749. The topological polar surface area (TPSA) is 57.5 Å². The van der Waals surface area contributed by atoms with Gasteiger partial charge in [0.05, 0.1) is 0 Å². The largest absolute Gasteiger partial charge is 0.478 e. The first kappa shape index (κ1) is 9.78. The lowest BCUT2D eigenvalue weighted by Gasteiger charge is -2.19. The summed E-state index contributed by atoms with van der Waals surface area (Å²) in [7, 11) is 0. The number of halogens is 3. The maximum atomic E-state index is 11.6. The molecule has 2 N–H and O–H groups in total. The van der Waals surface area contributed by atoms with Crippen LogP contribution in [-0.2, 0) is 4.79 Å². The van der Waals surface area contributed by atoms with Gasteiger partial charge in [-0.3, -0.25) is 0 Å². The predicted molar refractivity (Wildman–Crippen MR) is 27.5 cm³/mol. The van der Waals surface area contributed by atoms with Crippen molar-refractivity contribution in [3.8, 4) is 12.3 Å². The highest BCUT2D eigenvalue weighted by Gasteiger charge is 2.59. The van der Waals surface area contributed by atoms with Crippen LogP contribution in [0.2, 0.25) is 0 Å². The van der Waals surface area contributed by atoms with Gasteiger partial charge in [-0.1, -0.05) is 5.92 Å². The molecule has 0 bridgehead atoms. The molecule has 0 spiro atoms. The van der Waals surface area contributed by atoms with Crippen LogP contribution in [0.25, 0.3) is 0 Å². The van der Waals surface area contributed by atoms with Crippen LogP contribution in [0.4, 0.5) is 13.2 Å². The molecule has 0 aromatic heterocycles. The Hall–Kier alpha value is -1.22. The van der Waals surface area contributed by atoms with Crippen LogP contribution in [0, 0.1) is 12.3 Å². The van der Waals surface area contributed by atoms with Crippen molar-refractivity contribution >= 4 is 5.97 Å². The Labute approximate surface area is 59.4 Å². The van der Waals surface area contributed by atoms with Gasteiger partial charge < -0.3 is 10.2 Å². The maximum absolute atomic E-state index is 11.6. The predicted octanol–water partition coefficient (Wildman–Crippen LogP) is -0.00240. The lowest BCUT2D eigenvalue weighted by molar-refractivity contribution is -0.239. The Balaban J connectivity index is 4.96. The Morgan fingerprint density at radius 2 is 1.82 bits per heavy atom. The zero-order valence-electron chi connectivity index (χ0n) is 5.01. The van der Waals surface area contributed by atoms with E-state index >= 15 is 0 Å². The van der Waals surface area contributed by atoms with E-state index in [1.807, 2.05) is 0 Å². The second kappa shape index (κ2) is 2.43. The van der Waals surface area contributed by atoms with Gasteiger partial charge >= 0.3 is 17.7 Å². The van der Waals surface area contributed by atoms with E-state index < -0.39 is 17.7 Å². The number of carboxylic acids is 1. The summed E-state index contributed by atoms with van der Waals surface area (Å²) in [6, 6.07) is 0. The minimum Gasteiger partial charge on any atom is -0.478 e. The molecule has 11 heavy (non-hydrogen) atoms. The van der Waals surface area contributed by atoms with Crippen molar-refractivity contribution in [1.29, 1.82) is 0 Å². The highest BCUT2D eigenvalue weighted by atomic mass is 19.4. The number of rotatable bonds is 1. The molecule has 0 aliphatic heterocycles. The van der Waals surface area contributed by atoms with Crippen molar-refractivity contribution in [1.82, 2.24) is 0 Å². The van der Waals surface area contributed by atoms with Crippen molar-refractivity contribution < 1.29 is 28.2 Å². The van der Waals surface area contributed by atoms with Crippen LogP contribution in [-0.4, -0.2) is 28.0 Å². The molecule has 0 rings (SSSR count). The van der Waals surface area contributed by atoms with E-state index in [1.165, 1.54) is 0 Å². The fourth-order valence-electron chi connectivity index (χ4n) is 0.265. The number of alkyl halides is 3. The molecule has 0 heterocycles. The molecule has 62 valence electrons. The molecular formula is C5H3F3O3. The van der Waals surface area contributed by atoms with Gasteiger partial charge in [0.25, 0.3) is 0 Å². The number of aliphatic carboxylic acids is 1. The van der Waals surface area contributed by atoms with Crippen LogP contribution in [0.5, 0.6) is 0 Å². The Kier molecular flexibility index (Phi) is 2.16. The van der Waals surface area contributed by atoms with Gasteiger partial charge in [-0.15, -0.1) is 6.42 Å². The summed E-state index contributed by atoms with van der Waals surface area (Å²) in [4.78, 5) is 9.79. The smallest absolute Gasteiger partial charge is 0.440 e. The highest BCUT2D eigenvalue weighted by Crippen LogP contribution is 2.29. The number of hydrogen-bond acceptors (Lipinski definition) is 2. The fourth-order valence-corrected chi connectivity index (χ4v) is 0.265. The molecule has 1 atom stereocenters. The second-order valence-corrected chi connectivity index (χ2v) is 1.66.